The summed E-state index contributed by atoms with van der Waals surface area (Å²) in [6, 6.07) is 7.00. The Hall–Kier alpha value is -2.28. The number of benzene rings is 1. The highest BCUT2D eigenvalue weighted by Crippen LogP contribution is 2.23. The van der Waals surface area contributed by atoms with Gasteiger partial charge in [0.2, 0.25) is 0 Å². The smallest absolute Gasteiger partial charge is 0.264 e. The second-order valence-electron chi connectivity index (χ2n) is 6.08. The minimum Gasteiger partial charge on any atom is -0.380 e. The number of anilines is 1. The van der Waals surface area contributed by atoms with Crippen molar-refractivity contribution in [3.05, 3.63) is 51.7 Å². The topological polar surface area (TPSA) is 49.4 Å². The van der Waals surface area contributed by atoms with Crippen molar-refractivity contribution < 1.29 is 18.4 Å². The number of piperidine rings is 1. The zero-order valence-electron chi connectivity index (χ0n) is 13.7. The third-order valence-electron chi connectivity index (χ3n) is 4.16. The van der Waals surface area contributed by atoms with Crippen molar-refractivity contribution in [2.24, 2.45) is 0 Å². The predicted octanol–water partition coefficient (Wildman–Crippen LogP) is 3.95. The van der Waals surface area contributed by atoms with E-state index in [9.17, 15) is 18.4 Å². The molecule has 7 heteroatoms. The van der Waals surface area contributed by atoms with Gasteiger partial charge >= 0.3 is 0 Å². The number of likely N-dealkylation sites (tertiary alicyclic amines) is 1. The van der Waals surface area contributed by atoms with Gasteiger partial charge in [0.05, 0.1) is 9.75 Å². The number of amides is 1. The fourth-order valence-electron chi connectivity index (χ4n) is 2.90. The average molecular weight is 364 g/mol. The summed E-state index contributed by atoms with van der Waals surface area (Å²) in [6.45, 7) is 2.59. The van der Waals surface area contributed by atoms with E-state index in [4.69, 9.17) is 0 Å². The third kappa shape index (κ3) is 4.04. The van der Waals surface area contributed by atoms with Gasteiger partial charge in [0.1, 0.15) is 0 Å². The number of nitrogens with zero attached hydrogens (tertiary/aromatic N) is 1. The number of hydrogen-bond acceptors (Lipinski definition) is 4. The number of Topliss-reactive ketones (excluding diaryl/α,β-unsaturated/α-hetero) is 1. The van der Waals surface area contributed by atoms with Crippen LogP contribution in [0.3, 0.4) is 0 Å². The van der Waals surface area contributed by atoms with Crippen LogP contribution in [0, 0.1) is 11.6 Å². The van der Waals surface area contributed by atoms with Crippen LogP contribution >= 0.6 is 11.3 Å². The lowest BCUT2D eigenvalue weighted by Gasteiger charge is -2.33. The monoisotopic (exact) mass is 364 g/mol. The van der Waals surface area contributed by atoms with Gasteiger partial charge in [-0.1, -0.05) is 0 Å². The van der Waals surface area contributed by atoms with Crippen LogP contribution in [0.2, 0.25) is 0 Å². The van der Waals surface area contributed by atoms with Crippen molar-refractivity contribution in [3.63, 3.8) is 0 Å². The van der Waals surface area contributed by atoms with Gasteiger partial charge in [0.25, 0.3) is 5.91 Å². The molecule has 1 aliphatic rings. The zero-order chi connectivity index (χ0) is 18.0. The van der Waals surface area contributed by atoms with Crippen LogP contribution in [0.1, 0.15) is 39.1 Å². The summed E-state index contributed by atoms with van der Waals surface area (Å²) in [5.41, 5.74) is 0.494. The van der Waals surface area contributed by atoms with E-state index in [1.54, 1.807) is 17.0 Å². The van der Waals surface area contributed by atoms with Gasteiger partial charge in [-0.15, -0.1) is 11.3 Å². The Labute approximate surface area is 148 Å². The number of ketones is 1. The van der Waals surface area contributed by atoms with Crippen molar-refractivity contribution in [3.8, 4) is 0 Å². The largest absolute Gasteiger partial charge is 0.380 e. The van der Waals surface area contributed by atoms with Crippen LogP contribution in [-0.4, -0.2) is 35.7 Å². The van der Waals surface area contributed by atoms with Gasteiger partial charge < -0.3 is 10.2 Å². The van der Waals surface area contributed by atoms with Crippen molar-refractivity contribution in [1.82, 2.24) is 4.90 Å². The highest BCUT2D eigenvalue weighted by atomic mass is 32.1. The lowest BCUT2D eigenvalue weighted by molar-refractivity contribution is 0.0719. The van der Waals surface area contributed by atoms with Crippen LogP contribution in [0.25, 0.3) is 0 Å². The maximum absolute atomic E-state index is 13.3. The van der Waals surface area contributed by atoms with E-state index in [0.717, 1.165) is 25.0 Å². The summed E-state index contributed by atoms with van der Waals surface area (Å²) >= 11 is 1.20. The molecule has 2 heterocycles. The SMILES string of the molecule is CC(=O)c1ccc(C(=O)N2CCCC(Nc3ccc(F)c(F)c3)C2)s1. The molecule has 0 saturated carbocycles. The quantitative estimate of drug-likeness (QED) is 0.836. The highest BCUT2D eigenvalue weighted by Gasteiger charge is 2.25. The molecule has 25 heavy (non-hydrogen) atoms. The first-order valence-corrected chi connectivity index (χ1v) is 8.87. The van der Waals surface area contributed by atoms with Gasteiger partial charge in [-0.2, -0.15) is 0 Å². The van der Waals surface area contributed by atoms with Gasteiger partial charge in [0, 0.05) is 30.9 Å². The van der Waals surface area contributed by atoms with Crippen LogP contribution in [-0.2, 0) is 0 Å². The molecule has 0 bridgehead atoms. The predicted molar refractivity (Wildman–Crippen MR) is 93.2 cm³/mol. The van der Waals surface area contributed by atoms with Crippen molar-refractivity contribution in [2.75, 3.05) is 18.4 Å². The molecule has 3 rings (SSSR count). The van der Waals surface area contributed by atoms with E-state index in [2.05, 4.69) is 5.32 Å². The van der Waals surface area contributed by atoms with Crippen LogP contribution in [0.4, 0.5) is 14.5 Å². The molecular weight excluding hydrogens is 346 g/mol. The highest BCUT2D eigenvalue weighted by molar-refractivity contribution is 7.15. The molecule has 4 nitrogen and oxygen atoms in total. The lowest BCUT2D eigenvalue weighted by Crippen LogP contribution is -2.44. The minimum atomic E-state index is -0.899. The first-order valence-electron chi connectivity index (χ1n) is 8.05. The van der Waals surface area contributed by atoms with Crippen molar-refractivity contribution in [2.45, 2.75) is 25.8 Å². The summed E-state index contributed by atoms with van der Waals surface area (Å²) in [7, 11) is 0. The van der Waals surface area contributed by atoms with Crippen LogP contribution in [0.15, 0.2) is 30.3 Å². The Balaban J connectivity index is 1.66. The standard InChI is InChI=1S/C18H18F2N2O2S/c1-11(23)16-6-7-17(25-16)18(24)22-8-2-3-13(10-22)21-12-4-5-14(19)15(20)9-12/h4-7,9,13,21H,2-3,8,10H2,1H3. The molecule has 1 atom stereocenters. The lowest BCUT2D eigenvalue weighted by atomic mass is 10.0. The van der Waals surface area contributed by atoms with Gasteiger partial charge in [0.15, 0.2) is 17.4 Å². The maximum atomic E-state index is 13.3. The number of nitrogens with one attached hydrogen (secondary N) is 1. The van der Waals surface area contributed by atoms with E-state index in [1.165, 1.54) is 24.3 Å². The molecule has 1 aliphatic heterocycles. The normalized spacial score (nSPS) is 17.4. The van der Waals surface area contributed by atoms with Gasteiger partial charge in [-0.05, 0) is 44.0 Å². The van der Waals surface area contributed by atoms with E-state index < -0.39 is 11.6 Å². The first kappa shape index (κ1) is 17.5. The Morgan fingerprint density at radius 3 is 2.60 bits per heavy atom. The Bertz CT molecular complexity index is 806. The van der Waals surface area contributed by atoms with Crippen LogP contribution < -0.4 is 5.32 Å². The molecule has 1 fully saturated rings. The summed E-state index contributed by atoms with van der Waals surface area (Å²) in [5, 5.41) is 3.16. The van der Waals surface area contributed by atoms with E-state index in [1.807, 2.05) is 0 Å². The zero-order valence-corrected chi connectivity index (χ0v) is 14.5. The molecule has 2 aromatic rings. The Morgan fingerprint density at radius 1 is 1.16 bits per heavy atom. The van der Waals surface area contributed by atoms with E-state index >= 15 is 0 Å². The molecule has 0 radical (unpaired) electrons. The summed E-state index contributed by atoms with van der Waals surface area (Å²) < 4.78 is 26.3. The number of carbonyl (C=O) groups is 2. The summed E-state index contributed by atoms with van der Waals surface area (Å²) in [5.74, 6) is -1.94. The van der Waals surface area contributed by atoms with E-state index in [0.29, 0.717) is 28.5 Å². The first-order chi connectivity index (χ1) is 11.9. The number of carbonyl (C=O) groups excluding carboxylic acids is 2. The number of halogens is 2. The Kier molecular flexibility index (Phi) is 5.13. The molecule has 1 saturated heterocycles. The number of rotatable bonds is 4. The Morgan fingerprint density at radius 2 is 1.92 bits per heavy atom. The van der Waals surface area contributed by atoms with Gasteiger partial charge in [-0.3, -0.25) is 9.59 Å². The minimum absolute atomic E-state index is 0.0326. The second kappa shape index (κ2) is 7.31. The van der Waals surface area contributed by atoms with Crippen LogP contribution in [0.5, 0.6) is 0 Å². The molecule has 1 aromatic carbocycles. The van der Waals surface area contributed by atoms with Crippen molar-refractivity contribution >= 4 is 28.7 Å². The molecule has 1 aromatic heterocycles. The fourth-order valence-corrected chi connectivity index (χ4v) is 3.77. The second-order valence-corrected chi connectivity index (χ2v) is 7.17. The van der Waals surface area contributed by atoms with E-state index in [-0.39, 0.29) is 17.7 Å². The third-order valence-corrected chi connectivity index (χ3v) is 5.34. The van der Waals surface area contributed by atoms with Gasteiger partial charge in [-0.25, -0.2) is 8.78 Å². The molecule has 0 aliphatic carbocycles. The molecule has 1 N–H and O–H groups in total. The molecule has 132 valence electrons. The molecule has 1 amide bonds. The average Bonchev–Trinajstić information content (AvgIpc) is 3.08. The summed E-state index contributed by atoms with van der Waals surface area (Å²) in [4.78, 5) is 26.8. The number of thiophene rings is 1. The van der Waals surface area contributed by atoms with Crippen molar-refractivity contribution in [1.29, 1.82) is 0 Å². The summed E-state index contributed by atoms with van der Waals surface area (Å²) in [6.07, 6.45) is 1.66. The fraction of sp³-hybridized carbons (Fsp3) is 0.333. The number of hydrogen-bond donors (Lipinski definition) is 1. The molecule has 1 unspecified atom stereocenters. The maximum Gasteiger partial charge on any atom is 0.264 e. The molecule has 0 spiro atoms. The molecular formula is C18H18F2N2O2S.